The molecule has 1 fully saturated rings. The lowest BCUT2D eigenvalue weighted by atomic mass is 10.3. The number of sulfonamides is 1. The summed E-state index contributed by atoms with van der Waals surface area (Å²) in [6.07, 6.45) is 6.36. The van der Waals surface area contributed by atoms with E-state index >= 15 is 0 Å². The number of hydrogen-bond acceptors (Lipinski definition) is 5. The largest absolute Gasteiger partial charge is 0.490 e. The van der Waals surface area contributed by atoms with E-state index in [1.807, 2.05) is 0 Å². The first kappa shape index (κ1) is 17.7. The molecular formula is C18H22N2O4S. The first-order chi connectivity index (χ1) is 12.1. The second-order valence-corrected chi connectivity index (χ2v) is 7.80. The maximum absolute atomic E-state index is 12.4. The molecule has 1 aliphatic rings. The Kier molecular flexibility index (Phi) is 5.55. The molecule has 0 saturated heterocycles. The van der Waals surface area contributed by atoms with E-state index in [1.165, 1.54) is 20.0 Å². The van der Waals surface area contributed by atoms with Crippen LogP contribution < -0.4 is 14.2 Å². The Balaban J connectivity index is 1.60. The summed E-state index contributed by atoms with van der Waals surface area (Å²) in [6, 6.07) is 10.0. The maximum Gasteiger partial charge on any atom is 0.240 e. The number of aromatic nitrogens is 1. The minimum absolute atomic E-state index is 0.166. The standard InChI is InChI=1S/C18H22N2O4S/c1-23-18-11-6-14(12-19-18)13-20-25(21,22)17-9-7-16(8-10-17)24-15-4-2-3-5-15/h6-12,15,20H,2-5,13H2,1H3. The smallest absolute Gasteiger partial charge is 0.240 e. The molecule has 134 valence electrons. The summed E-state index contributed by atoms with van der Waals surface area (Å²) in [6.45, 7) is 0.166. The fourth-order valence-electron chi connectivity index (χ4n) is 2.79. The summed E-state index contributed by atoms with van der Waals surface area (Å²) in [5, 5.41) is 0. The molecule has 2 aromatic rings. The zero-order chi connectivity index (χ0) is 17.7. The van der Waals surface area contributed by atoms with Gasteiger partial charge in [0.05, 0.1) is 18.1 Å². The number of methoxy groups -OCH3 is 1. The molecular weight excluding hydrogens is 340 g/mol. The van der Waals surface area contributed by atoms with Crippen LogP contribution in [0.3, 0.4) is 0 Å². The molecule has 0 amide bonds. The van der Waals surface area contributed by atoms with E-state index in [0.717, 1.165) is 18.4 Å². The van der Waals surface area contributed by atoms with Crippen molar-refractivity contribution in [1.82, 2.24) is 9.71 Å². The highest BCUT2D eigenvalue weighted by molar-refractivity contribution is 7.89. The topological polar surface area (TPSA) is 77.5 Å². The van der Waals surface area contributed by atoms with Gasteiger partial charge in [0.2, 0.25) is 15.9 Å². The van der Waals surface area contributed by atoms with Gasteiger partial charge in [-0.1, -0.05) is 6.07 Å². The van der Waals surface area contributed by atoms with Crippen molar-refractivity contribution in [2.75, 3.05) is 7.11 Å². The number of hydrogen-bond donors (Lipinski definition) is 1. The van der Waals surface area contributed by atoms with Crippen LogP contribution in [0.1, 0.15) is 31.2 Å². The van der Waals surface area contributed by atoms with Crippen LogP contribution in [-0.2, 0) is 16.6 Å². The van der Waals surface area contributed by atoms with Crippen LogP contribution in [0.25, 0.3) is 0 Å². The van der Waals surface area contributed by atoms with Crippen molar-refractivity contribution >= 4 is 10.0 Å². The predicted octanol–water partition coefficient (Wildman–Crippen LogP) is 2.89. The van der Waals surface area contributed by atoms with Gasteiger partial charge in [-0.15, -0.1) is 0 Å². The van der Waals surface area contributed by atoms with Crippen molar-refractivity contribution in [3.05, 3.63) is 48.2 Å². The van der Waals surface area contributed by atoms with E-state index in [4.69, 9.17) is 9.47 Å². The lowest BCUT2D eigenvalue weighted by molar-refractivity contribution is 0.210. The zero-order valence-electron chi connectivity index (χ0n) is 14.1. The minimum Gasteiger partial charge on any atom is -0.490 e. The Morgan fingerprint density at radius 2 is 1.84 bits per heavy atom. The molecule has 3 rings (SSSR count). The van der Waals surface area contributed by atoms with Gasteiger partial charge in [-0.2, -0.15) is 0 Å². The SMILES string of the molecule is COc1ccc(CNS(=O)(=O)c2ccc(OC3CCCC3)cc2)cn1. The van der Waals surface area contributed by atoms with Crippen LogP contribution in [-0.4, -0.2) is 26.6 Å². The van der Waals surface area contributed by atoms with Gasteiger partial charge >= 0.3 is 0 Å². The van der Waals surface area contributed by atoms with Gasteiger partial charge in [0, 0.05) is 18.8 Å². The minimum atomic E-state index is -3.58. The summed E-state index contributed by atoms with van der Waals surface area (Å²) in [4.78, 5) is 4.27. The molecule has 25 heavy (non-hydrogen) atoms. The van der Waals surface area contributed by atoms with Crippen molar-refractivity contribution in [2.24, 2.45) is 0 Å². The fourth-order valence-corrected chi connectivity index (χ4v) is 3.81. The van der Waals surface area contributed by atoms with Crippen molar-refractivity contribution in [1.29, 1.82) is 0 Å². The van der Waals surface area contributed by atoms with E-state index in [1.54, 1.807) is 42.6 Å². The molecule has 0 radical (unpaired) electrons. The van der Waals surface area contributed by atoms with E-state index in [9.17, 15) is 8.42 Å². The summed E-state index contributed by atoms with van der Waals surface area (Å²) in [5.41, 5.74) is 0.755. The highest BCUT2D eigenvalue weighted by Crippen LogP contribution is 2.25. The highest BCUT2D eigenvalue weighted by atomic mass is 32.2. The van der Waals surface area contributed by atoms with Gasteiger partial charge in [-0.25, -0.2) is 18.1 Å². The van der Waals surface area contributed by atoms with Gasteiger partial charge in [-0.3, -0.25) is 0 Å². The number of nitrogens with one attached hydrogen (secondary N) is 1. The van der Waals surface area contributed by atoms with Crippen molar-refractivity contribution in [3.63, 3.8) is 0 Å². The molecule has 1 N–H and O–H groups in total. The molecule has 0 aliphatic heterocycles. The van der Waals surface area contributed by atoms with Gasteiger partial charge in [0.15, 0.2) is 0 Å². The van der Waals surface area contributed by atoms with Crippen molar-refractivity contribution in [2.45, 2.75) is 43.2 Å². The van der Waals surface area contributed by atoms with Crippen LogP contribution in [0.15, 0.2) is 47.5 Å². The van der Waals surface area contributed by atoms with Gasteiger partial charge in [-0.05, 0) is 55.5 Å². The molecule has 1 saturated carbocycles. The third-order valence-corrected chi connectivity index (χ3v) is 5.63. The molecule has 0 bridgehead atoms. The first-order valence-electron chi connectivity index (χ1n) is 8.32. The molecule has 0 unspecified atom stereocenters. The Hall–Kier alpha value is -2.12. The van der Waals surface area contributed by atoms with Crippen LogP contribution in [0.5, 0.6) is 11.6 Å². The second kappa shape index (κ2) is 7.84. The number of nitrogens with zero attached hydrogens (tertiary/aromatic N) is 1. The summed E-state index contributed by atoms with van der Waals surface area (Å²) < 4.78 is 38.2. The fraction of sp³-hybridized carbons (Fsp3) is 0.389. The Morgan fingerprint density at radius 3 is 2.44 bits per heavy atom. The molecule has 6 nitrogen and oxygen atoms in total. The molecule has 1 aromatic carbocycles. The van der Waals surface area contributed by atoms with Crippen molar-refractivity contribution < 1.29 is 17.9 Å². The Bertz CT molecular complexity index is 783. The van der Waals surface area contributed by atoms with Crippen LogP contribution in [0, 0.1) is 0 Å². The van der Waals surface area contributed by atoms with Gasteiger partial charge < -0.3 is 9.47 Å². The average Bonchev–Trinajstić information content (AvgIpc) is 3.14. The highest BCUT2D eigenvalue weighted by Gasteiger charge is 2.18. The monoisotopic (exact) mass is 362 g/mol. The normalized spacial score (nSPS) is 15.2. The van der Waals surface area contributed by atoms with E-state index in [-0.39, 0.29) is 17.5 Å². The lowest BCUT2D eigenvalue weighted by Gasteiger charge is -2.13. The zero-order valence-corrected chi connectivity index (χ0v) is 15.0. The summed E-state index contributed by atoms with van der Waals surface area (Å²) in [5.74, 6) is 1.20. The molecule has 1 heterocycles. The van der Waals surface area contributed by atoms with E-state index in [2.05, 4.69) is 9.71 Å². The third-order valence-electron chi connectivity index (χ3n) is 4.21. The number of pyridine rings is 1. The predicted molar refractivity (Wildman–Crippen MR) is 94.1 cm³/mol. The molecule has 7 heteroatoms. The number of rotatable bonds is 7. The van der Waals surface area contributed by atoms with Gasteiger partial charge in [0.1, 0.15) is 5.75 Å². The van der Waals surface area contributed by atoms with Crippen LogP contribution in [0.4, 0.5) is 0 Å². The van der Waals surface area contributed by atoms with Crippen LogP contribution in [0.2, 0.25) is 0 Å². The maximum atomic E-state index is 12.4. The first-order valence-corrected chi connectivity index (χ1v) is 9.80. The molecule has 0 spiro atoms. The molecule has 0 atom stereocenters. The third kappa shape index (κ3) is 4.70. The van der Waals surface area contributed by atoms with Crippen molar-refractivity contribution in [3.8, 4) is 11.6 Å². The summed E-state index contributed by atoms with van der Waals surface area (Å²) in [7, 11) is -2.05. The molecule has 1 aliphatic carbocycles. The second-order valence-electron chi connectivity index (χ2n) is 6.03. The lowest BCUT2D eigenvalue weighted by Crippen LogP contribution is -2.23. The van der Waals surface area contributed by atoms with E-state index < -0.39 is 10.0 Å². The van der Waals surface area contributed by atoms with Crippen LogP contribution >= 0.6 is 0 Å². The average molecular weight is 362 g/mol. The summed E-state index contributed by atoms with van der Waals surface area (Å²) >= 11 is 0. The van der Waals surface area contributed by atoms with E-state index in [0.29, 0.717) is 11.6 Å². The molecule has 1 aromatic heterocycles. The van der Waals surface area contributed by atoms with Gasteiger partial charge in [0.25, 0.3) is 0 Å². The Morgan fingerprint density at radius 1 is 1.12 bits per heavy atom. The number of benzene rings is 1. The Labute approximate surface area is 148 Å². The quantitative estimate of drug-likeness (QED) is 0.819. The number of ether oxygens (including phenoxy) is 2.